The Hall–Kier alpha value is -1.86. The van der Waals surface area contributed by atoms with E-state index in [9.17, 15) is 12.8 Å². The molecule has 3 N–H and O–H groups in total. The van der Waals surface area contributed by atoms with E-state index in [-0.39, 0.29) is 23.2 Å². The Bertz CT molecular complexity index is 885. The third kappa shape index (κ3) is 4.52. The van der Waals surface area contributed by atoms with Gasteiger partial charge in [-0.25, -0.2) is 12.8 Å². The van der Waals surface area contributed by atoms with Crippen LogP contribution in [-0.4, -0.2) is 20.5 Å². The van der Waals surface area contributed by atoms with E-state index >= 15 is 0 Å². The summed E-state index contributed by atoms with van der Waals surface area (Å²) < 4.78 is 41.6. The Morgan fingerprint density at radius 3 is 2.74 bits per heavy atom. The highest BCUT2D eigenvalue weighted by atomic mass is 32.2. The lowest BCUT2D eigenvalue weighted by molar-refractivity contribution is 0.519. The van der Waals surface area contributed by atoms with Crippen molar-refractivity contribution in [3.8, 4) is 0 Å². The zero-order valence-corrected chi connectivity index (χ0v) is 17.1. The molecule has 0 amide bonds. The van der Waals surface area contributed by atoms with Crippen molar-refractivity contribution in [2.24, 2.45) is 0 Å². The largest absolute Gasteiger partial charge is 0.341 e. The second-order valence-electron chi connectivity index (χ2n) is 8.01. The summed E-state index contributed by atoms with van der Waals surface area (Å²) in [5.74, 6) is 0.130. The molecule has 0 saturated carbocycles. The van der Waals surface area contributed by atoms with E-state index in [0.717, 1.165) is 36.2 Å². The minimum atomic E-state index is -3.65. The molecular weight excluding hydrogens is 365 g/mol. The number of anilines is 1. The Balaban J connectivity index is 1.83. The SMILES string of the molecule is CC(C)c1cc(F)cc2c1NC(NS(=O)(=O)/C=C/C1(C)CCCN1)=CC2C. The number of benzene rings is 1. The highest BCUT2D eigenvalue weighted by Gasteiger charge is 2.27. The van der Waals surface area contributed by atoms with E-state index in [2.05, 4.69) is 15.4 Å². The normalized spacial score (nSPS) is 25.4. The summed E-state index contributed by atoms with van der Waals surface area (Å²) in [6.45, 7) is 8.79. The number of fused-ring (bicyclic) bond motifs is 1. The van der Waals surface area contributed by atoms with Crippen LogP contribution in [0.5, 0.6) is 0 Å². The molecule has 5 nitrogen and oxygen atoms in total. The molecule has 2 heterocycles. The van der Waals surface area contributed by atoms with Crippen molar-refractivity contribution in [2.75, 3.05) is 11.9 Å². The number of hydrogen-bond donors (Lipinski definition) is 3. The minimum absolute atomic E-state index is 0.106. The first-order valence-electron chi connectivity index (χ1n) is 9.38. The van der Waals surface area contributed by atoms with E-state index in [1.54, 1.807) is 12.2 Å². The van der Waals surface area contributed by atoms with E-state index in [0.29, 0.717) is 5.82 Å². The molecule has 1 aromatic rings. The Morgan fingerprint density at radius 2 is 2.11 bits per heavy atom. The zero-order valence-electron chi connectivity index (χ0n) is 16.3. The maximum Gasteiger partial charge on any atom is 0.255 e. The second kappa shape index (κ2) is 7.28. The first-order valence-corrected chi connectivity index (χ1v) is 10.9. The van der Waals surface area contributed by atoms with Crippen LogP contribution in [0, 0.1) is 5.82 Å². The first-order chi connectivity index (χ1) is 12.6. The van der Waals surface area contributed by atoms with Crippen molar-refractivity contribution in [3.63, 3.8) is 0 Å². The topological polar surface area (TPSA) is 70.2 Å². The fourth-order valence-corrected chi connectivity index (χ4v) is 4.64. The number of hydrogen-bond acceptors (Lipinski definition) is 4. The molecule has 2 unspecified atom stereocenters. The van der Waals surface area contributed by atoms with Gasteiger partial charge in [-0.15, -0.1) is 0 Å². The van der Waals surface area contributed by atoms with Gasteiger partial charge >= 0.3 is 0 Å². The Kier molecular flexibility index (Phi) is 5.36. The Labute approximate surface area is 161 Å². The molecule has 1 fully saturated rings. The molecular formula is C20H28FN3O2S. The predicted octanol–water partition coefficient (Wildman–Crippen LogP) is 3.89. The van der Waals surface area contributed by atoms with Crippen molar-refractivity contribution < 1.29 is 12.8 Å². The van der Waals surface area contributed by atoms with Gasteiger partial charge in [-0.2, -0.15) is 0 Å². The van der Waals surface area contributed by atoms with Crippen LogP contribution in [0.4, 0.5) is 10.1 Å². The van der Waals surface area contributed by atoms with Gasteiger partial charge in [0.2, 0.25) is 0 Å². The molecule has 2 aliphatic rings. The van der Waals surface area contributed by atoms with Crippen LogP contribution in [0.3, 0.4) is 0 Å². The monoisotopic (exact) mass is 393 g/mol. The van der Waals surface area contributed by atoms with Crippen LogP contribution in [-0.2, 0) is 10.0 Å². The smallest absolute Gasteiger partial charge is 0.255 e. The Morgan fingerprint density at radius 1 is 1.37 bits per heavy atom. The molecule has 3 rings (SSSR count). The fraction of sp³-hybridized carbons (Fsp3) is 0.500. The predicted molar refractivity (Wildman–Crippen MR) is 107 cm³/mol. The molecule has 0 radical (unpaired) electrons. The van der Waals surface area contributed by atoms with Gasteiger partial charge < -0.3 is 10.6 Å². The quantitative estimate of drug-likeness (QED) is 0.710. The van der Waals surface area contributed by atoms with Crippen LogP contribution >= 0.6 is 0 Å². The zero-order chi connectivity index (χ0) is 19.8. The van der Waals surface area contributed by atoms with E-state index in [1.165, 1.54) is 17.5 Å². The average molecular weight is 394 g/mol. The molecule has 148 valence electrons. The van der Waals surface area contributed by atoms with Crippen molar-refractivity contribution in [3.05, 3.63) is 52.5 Å². The summed E-state index contributed by atoms with van der Waals surface area (Å²) >= 11 is 0. The molecule has 0 aromatic heterocycles. The van der Waals surface area contributed by atoms with E-state index in [1.807, 2.05) is 27.7 Å². The van der Waals surface area contributed by atoms with E-state index in [4.69, 9.17) is 0 Å². The van der Waals surface area contributed by atoms with Crippen molar-refractivity contribution >= 4 is 15.7 Å². The molecule has 0 spiro atoms. The third-order valence-electron chi connectivity index (χ3n) is 5.22. The average Bonchev–Trinajstić information content (AvgIpc) is 3.00. The van der Waals surface area contributed by atoms with E-state index < -0.39 is 10.0 Å². The summed E-state index contributed by atoms with van der Waals surface area (Å²) in [7, 11) is -3.65. The van der Waals surface area contributed by atoms with Gasteiger partial charge in [-0.3, -0.25) is 4.72 Å². The first kappa shape index (κ1) is 19.9. The van der Waals surface area contributed by atoms with Crippen LogP contribution in [0.2, 0.25) is 0 Å². The summed E-state index contributed by atoms with van der Waals surface area (Å²) in [6, 6.07) is 3.01. The molecule has 1 aromatic carbocycles. The van der Waals surface area contributed by atoms with Crippen molar-refractivity contribution in [2.45, 2.75) is 57.9 Å². The standard InChI is InChI=1S/C20H28FN3O2S/c1-13(2)16-11-15(21)12-17-14(3)10-18(23-19(16)17)24-27(25,26)9-7-20(4)6-5-8-22-20/h7,9-14,22-24H,5-6,8H2,1-4H3/b9-7+. The van der Waals surface area contributed by atoms with Crippen LogP contribution < -0.4 is 15.4 Å². The maximum absolute atomic E-state index is 14.0. The number of rotatable bonds is 5. The molecule has 0 bridgehead atoms. The van der Waals surface area contributed by atoms with Gasteiger partial charge in [-0.05, 0) is 61.6 Å². The molecule has 0 aliphatic carbocycles. The summed E-state index contributed by atoms with van der Waals surface area (Å²) in [6.07, 6.45) is 5.42. The molecule has 1 saturated heterocycles. The van der Waals surface area contributed by atoms with Crippen molar-refractivity contribution in [1.29, 1.82) is 0 Å². The number of sulfonamides is 1. The van der Waals surface area contributed by atoms with Crippen molar-refractivity contribution in [1.82, 2.24) is 10.0 Å². The lowest BCUT2D eigenvalue weighted by Crippen LogP contribution is -2.34. The van der Waals surface area contributed by atoms with Gasteiger partial charge in [0.25, 0.3) is 10.0 Å². The maximum atomic E-state index is 14.0. The number of allylic oxidation sites excluding steroid dienone is 1. The van der Waals surface area contributed by atoms with Gasteiger partial charge in [0.1, 0.15) is 11.6 Å². The highest BCUT2D eigenvalue weighted by Crippen LogP contribution is 2.38. The van der Waals surface area contributed by atoms with Crippen LogP contribution in [0.1, 0.15) is 63.5 Å². The van der Waals surface area contributed by atoms with Crippen LogP contribution in [0.15, 0.2) is 35.5 Å². The molecule has 7 heteroatoms. The fourth-order valence-electron chi connectivity index (χ4n) is 3.67. The highest BCUT2D eigenvalue weighted by molar-refractivity contribution is 7.92. The minimum Gasteiger partial charge on any atom is -0.341 e. The third-order valence-corrected chi connectivity index (χ3v) is 6.22. The molecule has 2 atom stereocenters. The number of halogens is 1. The number of nitrogens with one attached hydrogen (secondary N) is 3. The van der Waals surface area contributed by atoms with Crippen LogP contribution in [0.25, 0.3) is 0 Å². The molecule has 27 heavy (non-hydrogen) atoms. The van der Waals surface area contributed by atoms with Gasteiger partial charge in [-0.1, -0.05) is 26.8 Å². The van der Waals surface area contributed by atoms with Gasteiger partial charge in [0, 0.05) is 22.6 Å². The summed E-state index contributed by atoms with van der Waals surface area (Å²) in [4.78, 5) is 0. The summed E-state index contributed by atoms with van der Waals surface area (Å²) in [5, 5.41) is 7.69. The van der Waals surface area contributed by atoms with Gasteiger partial charge in [0.05, 0.1) is 0 Å². The lowest BCUT2D eigenvalue weighted by Gasteiger charge is -2.27. The summed E-state index contributed by atoms with van der Waals surface area (Å²) in [5.41, 5.74) is 2.16. The van der Waals surface area contributed by atoms with Gasteiger partial charge in [0.15, 0.2) is 0 Å². The molecule has 2 aliphatic heterocycles. The second-order valence-corrected chi connectivity index (χ2v) is 9.57. The lowest BCUT2D eigenvalue weighted by atomic mass is 9.89.